The van der Waals surface area contributed by atoms with Gasteiger partial charge in [0.25, 0.3) is 0 Å². The van der Waals surface area contributed by atoms with Gasteiger partial charge in [-0.25, -0.2) is 0 Å². The molecule has 1 heterocycles. The monoisotopic (exact) mass is 330 g/mol. The van der Waals surface area contributed by atoms with E-state index in [1.807, 2.05) is 18.2 Å². The SMILES string of the molecule is COc1ccc([C@@H]2[C@H]3CCCC[C@@]3(O)CCN2CC#N)c(OC)c1. The topological polar surface area (TPSA) is 65.7 Å². The van der Waals surface area contributed by atoms with Crippen LogP contribution >= 0.6 is 0 Å². The Hall–Kier alpha value is -1.77. The van der Waals surface area contributed by atoms with Crippen LogP contribution in [0.3, 0.4) is 0 Å². The fourth-order valence-corrected chi connectivity index (χ4v) is 4.49. The maximum absolute atomic E-state index is 11.2. The third-order valence-electron chi connectivity index (χ3n) is 5.70. The zero-order valence-corrected chi connectivity index (χ0v) is 14.5. The van der Waals surface area contributed by atoms with Gasteiger partial charge < -0.3 is 14.6 Å². The smallest absolute Gasteiger partial charge is 0.127 e. The largest absolute Gasteiger partial charge is 0.497 e. The fourth-order valence-electron chi connectivity index (χ4n) is 4.49. The summed E-state index contributed by atoms with van der Waals surface area (Å²) in [6.07, 6.45) is 4.79. The van der Waals surface area contributed by atoms with Crippen LogP contribution in [0, 0.1) is 17.2 Å². The third kappa shape index (κ3) is 2.97. The van der Waals surface area contributed by atoms with E-state index in [1.54, 1.807) is 14.2 Å². The van der Waals surface area contributed by atoms with Crippen molar-refractivity contribution in [1.82, 2.24) is 4.90 Å². The Labute approximate surface area is 143 Å². The van der Waals surface area contributed by atoms with Gasteiger partial charge in [0.1, 0.15) is 11.5 Å². The molecule has 130 valence electrons. The molecule has 1 saturated heterocycles. The molecule has 2 aliphatic rings. The lowest BCUT2D eigenvalue weighted by molar-refractivity contribution is -0.122. The van der Waals surface area contributed by atoms with E-state index in [0.29, 0.717) is 6.54 Å². The maximum Gasteiger partial charge on any atom is 0.127 e. The molecule has 2 fully saturated rings. The molecule has 1 N–H and O–H groups in total. The first-order valence-corrected chi connectivity index (χ1v) is 8.68. The Morgan fingerprint density at radius 1 is 1.29 bits per heavy atom. The van der Waals surface area contributed by atoms with E-state index in [-0.39, 0.29) is 12.0 Å². The number of likely N-dealkylation sites (tertiary alicyclic amines) is 1. The standard InChI is InChI=1S/C19H26N2O3/c1-23-14-6-7-15(17(13-14)24-2)18-16-5-3-4-8-19(16,22)9-11-21(18)12-10-20/h6-7,13,16,18,22H,3-5,8-9,11-12H2,1-2H3/t16-,18-,19-/m1/s1. The molecule has 1 aromatic rings. The van der Waals surface area contributed by atoms with Crippen LogP contribution in [0.4, 0.5) is 0 Å². The molecule has 0 aromatic heterocycles. The molecule has 1 saturated carbocycles. The lowest BCUT2D eigenvalue weighted by Crippen LogP contribution is -2.54. The third-order valence-corrected chi connectivity index (χ3v) is 5.70. The normalized spacial score (nSPS) is 30.2. The summed E-state index contributed by atoms with van der Waals surface area (Å²) in [5.74, 6) is 1.64. The van der Waals surface area contributed by atoms with Gasteiger partial charge >= 0.3 is 0 Å². The molecule has 0 unspecified atom stereocenters. The number of ether oxygens (including phenoxy) is 2. The Morgan fingerprint density at radius 3 is 2.83 bits per heavy atom. The summed E-state index contributed by atoms with van der Waals surface area (Å²) in [4.78, 5) is 2.19. The summed E-state index contributed by atoms with van der Waals surface area (Å²) in [5.41, 5.74) is 0.415. The van der Waals surface area contributed by atoms with Crippen LogP contribution in [0.1, 0.15) is 43.7 Å². The molecule has 24 heavy (non-hydrogen) atoms. The van der Waals surface area contributed by atoms with Crippen molar-refractivity contribution in [2.75, 3.05) is 27.3 Å². The van der Waals surface area contributed by atoms with Crippen molar-refractivity contribution in [1.29, 1.82) is 5.26 Å². The maximum atomic E-state index is 11.2. The summed E-state index contributed by atoms with van der Waals surface area (Å²) < 4.78 is 10.9. The number of rotatable bonds is 4. The Morgan fingerprint density at radius 2 is 2.12 bits per heavy atom. The van der Waals surface area contributed by atoms with Crippen LogP contribution in [-0.2, 0) is 0 Å². The van der Waals surface area contributed by atoms with Crippen molar-refractivity contribution in [2.24, 2.45) is 5.92 Å². The lowest BCUT2D eigenvalue weighted by Gasteiger charge is -2.52. The molecule has 0 amide bonds. The molecule has 1 aliphatic heterocycles. The Balaban J connectivity index is 2.04. The molecule has 5 heteroatoms. The van der Waals surface area contributed by atoms with Crippen LogP contribution in [0.2, 0.25) is 0 Å². The Kier molecular flexibility index (Phi) is 4.98. The number of benzene rings is 1. The highest BCUT2D eigenvalue weighted by molar-refractivity contribution is 5.43. The van der Waals surface area contributed by atoms with Crippen LogP contribution in [0.5, 0.6) is 11.5 Å². The van der Waals surface area contributed by atoms with Gasteiger partial charge in [0.15, 0.2) is 0 Å². The second kappa shape index (κ2) is 7.00. The molecule has 0 spiro atoms. The molecular formula is C19H26N2O3. The van der Waals surface area contributed by atoms with E-state index < -0.39 is 5.60 Å². The second-order valence-electron chi connectivity index (χ2n) is 6.89. The van der Waals surface area contributed by atoms with Crippen molar-refractivity contribution >= 4 is 0 Å². The van der Waals surface area contributed by atoms with Gasteiger partial charge in [-0.15, -0.1) is 0 Å². The highest BCUT2D eigenvalue weighted by Crippen LogP contribution is 2.51. The van der Waals surface area contributed by atoms with E-state index >= 15 is 0 Å². The van der Waals surface area contributed by atoms with Crippen LogP contribution < -0.4 is 9.47 Å². The van der Waals surface area contributed by atoms with Gasteiger partial charge in [0.2, 0.25) is 0 Å². The number of piperidine rings is 1. The van der Waals surface area contributed by atoms with Crippen molar-refractivity contribution in [2.45, 2.75) is 43.7 Å². The van der Waals surface area contributed by atoms with Crippen LogP contribution in [0.15, 0.2) is 18.2 Å². The summed E-state index contributed by atoms with van der Waals surface area (Å²) in [6.45, 7) is 1.10. The van der Waals surface area contributed by atoms with Crippen molar-refractivity contribution in [3.05, 3.63) is 23.8 Å². The summed E-state index contributed by atoms with van der Waals surface area (Å²) in [5, 5.41) is 20.4. The Bertz CT molecular complexity index is 628. The van der Waals surface area contributed by atoms with E-state index in [0.717, 1.165) is 55.7 Å². The van der Waals surface area contributed by atoms with Crippen molar-refractivity contribution in [3.8, 4) is 17.6 Å². The predicted octanol–water partition coefficient (Wildman–Crippen LogP) is 2.90. The second-order valence-corrected chi connectivity index (χ2v) is 6.89. The molecular weight excluding hydrogens is 304 g/mol. The van der Waals surface area contributed by atoms with E-state index in [4.69, 9.17) is 9.47 Å². The van der Waals surface area contributed by atoms with Gasteiger partial charge in [-0.2, -0.15) is 5.26 Å². The molecule has 0 bridgehead atoms. The predicted molar refractivity (Wildman–Crippen MR) is 91.0 cm³/mol. The average molecular weight is 330 g/mol. The summed E-state index contributed by atoms with van der Waals surface area (Å²) >= 11 is 0. The zero-order chi connectivity index (χ0) is 17.2. The van der Waals surface area contributed by atoms with Gasteiger partial charge in [0, 0.05) is 30.1 Å². The van der Waals surface area contributed by atoms with Crippen LogP contribution in [-0.4, -0.2) is 42.9 Å². The van der Waals surface area contributed by atoms with Gasteiger partial charge in [-0.1, -0.05) is 18.9 Å². The zero-order valence-electron chi connectivity index (χ0n) is 14.5. The minimum absolute atomic E-state index is 0.00422. The first-order valence-electron chi connectivity index (χ1n) is 8.68. The number of nitriles is 1. The number of nitrogens with zero attached hydrogens (tertiary/aromatic N) is 2. The molecule has 1 aromatic carbocycles. The number of aliphatic hydroxyl groups is 1. The molecule has 1 aliphatic carbocycles. The minimum Gasteiger partial charge on any atom is -0.497 e. The molecule has 3 rings (SSSR count). The number of methoxy groups -OCH3 is 2. The first-order chi connectivity index (χ1) is 11.6. The van der Waals surface area contributed by atoms with Gasteiger partial charge in [-0.3, -0.25) is 4.90 Å². The highest BCUT2D eigenvalue weighted by Gasteiger charge is 2.49. The number of hydrogen-bond acceptors (Lipinski definition) is 5. The van der Waals surface area contributed by atoms with Crippen molar-refractivity contribution < 1.29 is 14.6 Å². The average Bonchev–Trinajstić information content (AvgIpc) is 2.61. The molecule has 5 nitrogen and oxygen atoms in total. The summed E-state index contributed by atoms with van der Waals surface area (Å²) in [6, 6.07) is 8.12. The van der Waals surface area contributed by atoms with E-state index in [9.17, 15) is 10.4 Å². The lowest BCUT2D eigenvalue weighted by atomic mass is 9.66. The summed E-state index contributed by atoms with van der Waals surface area (Å²) in [7, 11) is 3.29. The van der Waals surface area contributed by atoms with Gasteiger partial charge in [-0.05, 0) is 25.3 Å². The van der Waals surface area contributed by atoms with Crippen LogP contribution in [0.25, 0.3) is 0 Å². The van der Waals surface area contributed by atoms with E-state index in [2.05, 4.69) is 11.0 Å². The van der Waals surface area contributed by atoms with Gasteiger partial charge in [0.05, 0.1) is 32.4 Å². The number of hydrogen-bond donors (Lipinski definition) is 1. The number of fused-ring (bicyclic) bond motifs is 1. The highest BCUT2D eigenvalue weighted by atomic mass is 16.5. The van der Waals surface area contributed by atoms with E-state index in [1.165, 1.54) is 0 Å². The quantitative estimate of drug-likeness (QED) is 0.860. The minimum atomic E-state index is -0.625. The fraction of sp³-hybridized carbons (Fsp3) is 0.632. The molecule has 3 atom stereocenters. The first kappa shape index (κ1) is 17.1. The molecule has 0 radical (unpaired) electrons. The van der Waals surface area contributed by atoms with Crippen molar-refractivity contribution in [3.63, 3.8) is 0 Å².